The van der Waals surface area contributed by atoms with Gasteiger partial charge < -0.3 is 10.2 Å². The summed E-state index contributed by atoms with van der Waals surface area (Å²) in [5, 5.41) is 6.64. The van der Waals surface area contributed by atoms with Crippen LogP contribution in [0, 0.1) is 0 Å². The average molecular weight is 347 g/mol. The standard InChI is InChI=1S/C21H21N3S/c25-21-22-15-23(14-13-17-7-2-1-3-8-17)16-24(21)20-12-6-10-18-9-4-5-11-19(18)20/h1-12H,13-16H2,(H,22,25). The first-order valence-corrected chi connectivity index (χ1v) is 9.01. The minimum absolute atomic E-state index is 0.798. The fourth-order valence-electron chi connectivity index (χ4n) is 3.30. The van der Waals surface area contributed by atoms with E-state index >= 15 is 0 Å². The van der Waals surface area contributed by atoms with Crippen molar-refractivity contribution >= 4 is 33.8 Å². The lowest BCUT2D eigenvalue weighted by Gasteiger charge is -2.38. The summed E-state index contributed by atoms with van der Waals surface area (Å²) < 4.78 is 0. The Morgan fingerprint density at radius 1 is 0.880 bits per heavy atom. The normalized spacial score (nSPS) is 15.4. The van der Waals surface area contributed by atoms with E-state index in [1.54, 1.807) is 0 Å². The minimum Gasteiger partial charge on any atom is -0.349 e. The van der Waals surface area contributed by atoms with Crippen molar-refractivity contribution in [2.45, 2.75) is 6.42 Å². The van der Waals surface area contributed by atoms with Gasteiger partial charge in [-0.1, -0.05) is 66.7 Å². The Balaban J connectivity index is 1.53. The molecule has 25 heavy (non-hydrogen) atoms. The molecule has 1 saturated heterocycles. The minimum atomic E-state index is 0.798. The third-order valence-electron chi connectivity index (χ3n) is 4.66. The molecule has 4 rings (SSSR count). The van der Waals surface area contributed by atoms with Crippen LogP contribution in [0.25, 0.3) is 10.8 Å². The Hall–Kier alpha value is -2.43. The van der Waals surface area contributed by atoms with Crippen LogP contribution in [-0.2, 0) is 6.42 Å². The van der Waals surface area contributed by atoms with Crippen molar-refractivity contribution in [2.24, 2.45) is 0 Å². The molecule has 0 unspecified atom stereocenters. The van der Waals surface area contributed by atoms with E-state index in [1.807, 2.05) is 0 Å². The summed E-state index contributed by atoms with van der Waals surface area (Å²) in [6.07, 6.45) is 1.04. The number of hydrogen-bond donors (Lipinski definition) is 1. The van der Waals surface area contributed by atoms with Crippen LogP contribution in [0.15, 0.2) is 72.8 Å². The first-order valence-electron chi connectivity index (χ1n) is 8.61. The molecule has 0 aliphatic carbocycles. The Labute approximate surface area is 153 Å². The molecule has 3 nitrogen and oxygen atoms in total. The molecule has 1 aliphatic heterocycles. The first kappa shape index (κ1) is 16.1. The molecule has 0 saturated carbocycles. The van der Waals surface area contributed by atoms with Gasteiger partial charge in [-0.25, -0.2) is 0 Å². The highest BCUT2D eigenvalue weighted by Gasteiger charge is 2.22. The van der Waals surface area contributed by atoms with Crippen LogP contribution in [0.5, 0.6) is 0 Å². The SMILES string of the molecule is S=C1NCN(CCc2ccccc2)CN1c1cccc2ccccc12. The summed E-state index contributed by atoms with van der Waals surface area (Å²) in [5.41, 5.74) is 2.53. The van der Waals surface area contributed by atoms with Gasteiger partial charge in [0.05, 0.1) is 19.0 Å². The number of anilines is 1. The highest BCUT2D eigenvalue weighted by Crippen LogP contribution is 2.27. The molecule has 0 radical (unpaired) electrons. The van der Waals surface area contributed by atoms with Crippen LogP contribution in [0.4, 0.5) is 5.69 Å². The zero-order valence-corrected chi connectivity index (χ0v) is 14.9. The van der Waals surface area contributed by atoms with Crippen LogP contribution in [0.3, 0.4) is 0 Å². The molecule has 4 heteroatoms. The summed E-state index contributed by atoms with van der Waals surface area (Å²) in [4.78, 5) is 4.59. The molecule has 1 fully saturated rings. The second-order valence-corrected chi connectivity index (χ2v) is 6.72. The van der Waals surface area contributed by atoms with Gasteiger partial charge in [0, 0.05) is 11.9 Å². The predicted octanol–water partition coefficient (Wildman–Crippen LogP) is 3.99. The lowest BCUT2D eigenvalue weighted by atomic mass is 10.1. The van der Waals surface area contributed by atoms with E-state index in [0.717, 1.165) is 31.4 Å². The number of benzene rings is 3. The van der Waals surface area contributed by atoms with Gasteiger partial charge >= 0.3 is 0 Å². The molecule has 0 atom stereocenters. The molecule has 0 spiro atoms. The van der Waals surface area contributed by atoms with E-state index in [1.165, 1.54) is 22.0 Å². The second kappa shape index (κ2) is 7.21. The van der Waals surface area contributed by atoms with Crippen molar-refractivity contribution in [3.8, 4) is 0 Å². The molecule has 0 bridgehead atoms. The third kappa shape index (κ3) is 3.50. The number of rotatable bonds is 4. The summed E-state index contributed by atoms with van der Waals surface area (Å²) in [6, 6.07) is 25.5. The first-order chi connectivity index (χ1) is 12.3. The predicted molar refractivity (Wildman–Crippen MR) is 109 cm³/mol. The Bertz CT molecular complexity index is 873. The summed E-state index contributed by atoms with van der Waals surface area (Å²) in [5.74, 6) is 0. The van der Waals surface area contributed by atoms with Gasteiger partial charge in [-0.3, -0.25) is 4.90 Å². The van der Waals surface area contributed by atoms with Crippen molar-refractivity contribution in [2.75, 3.05) is 24.8 Å². The number of nitrogens with zero attached hydrogens (tertiary/aromatic N) is 2. The average Bonchev–Trinajstić information content (AvgIpc) is 2.68. The molecule has 1 aliphatic rings. The second-order valence-electron chi connectivity index (χ2n) is 6.34. The quantitative estimate of drug-likeness (QED) is 0.719. The van der Waals surface area contributed by atoms with Gasteiger partial charge in [-0.2, -0.15) is 0 Å². The van der Waals surface area contributed by atoms with Gasteiger partial charge in [-0.05, 0) is 35.7 Å². The lowest BCUT2D eigenvalue weighted by molar-refractivity contribution is 0.264. The maximum Gasteiger partial charge on any atom is 0.175 e. The fraction of sp³-hybridized carbons (Fsp3) is 0.190. The van der Waals surface area contributed by atoms with Crippen LogP contribution >= 0.6 is 12.2 Å². The van der Waals surface area contributed by atoms with Crippen LogP contribution in [0.2, 0.25) is 0 Å². The topological polar surface area (TPSA) is 18.5 Å². The van der Waals surface area contributed by atoms with Crippen molar-refractivity contribution in [3.05, 3.63) is 78.4 Å². The highest BCUT2D eigenvalue weighted by molar-refractivity contribution is 7.80. The van der Waals surface area contributed by atoms with E-state index in [0.29, 0.717) is 0 Å². The van der Waals surface area contributed by atoms with E-state index in [9.17, 15) is 0 Å². The van der Waals surface area contributed by atoms with Crippen LogP contribution in [0.1, 0.15) is 5.56 Å². The Morgan fingerprint density at radius 2 is 1.64 bits per heavy atom. The monoisotopic (exact) mass is 347 g/mol. The van der Waals surface area contributed by atoms with Gasteiger partial charge in [0.2, 0.25) is 0 Å². The molecule has 126 valence electrons. The molecule has 1 N–H and O–H groups in total. The number of thiocarbonyl (C=S) groups is 1. The smallest absolute Gasteiger partial charge is 0.175 e. The van der Waals surface area contributed by atoms with E-state index < -0.39 is 0 Å². The third-order valence-corrected chi connectivity index (χ3v) is 5.02. The molecule has 1 heterocycles. The maximum absolute atomic E-state index is 5.59. The van der Waals surface area contributed by atoms with Gasteiger partial charge in [0.15, 0.2) is 5.11 Å². The number of hydrogen-bond acceptors (Lipinski definition) is 2. The molecular weight excluding hydrogens is 326 g/mol. The fourth-order valence-corrected chi connectivity index (χ4v) is 3.52. The Morgan fingerprint density at radius 3 is 2.52 bits per heavy atom. The Kier molecular flexibility index (Phi) is 4.63. The van der Waals surface area contributed by atoms with E-state index in [-0.39, 0.29) is 0 Å². The van der Waals surface area contributed by atoms with Crippen molar-refractivity contribution in [1.29, 1.82) is 0 Å². The zero-order valence-electron chi connectivity index (χ0n) is 14.1. The molecular formula is C21H21N3S. The van der Waals surface area contributed by atoms with Gasteiger partial charge in [0.1, 0.15) is 0 Å². The van der Waals surface area contributed by atoms with Crippen LogP contribution in [-0.4, -0.2) is 29.9 Å². The van der Waals surface area contributed by atoms with Crippen molar-refractivity contribution in [3.63, 3.8) is 0 Å². The van der Waals surface area contributed by atoms with Crippen molar-refractivity contribution < 1.29 is 0 Å². The number of nitrogens with one attached hydrogen (secondary N) is 1. The molecule has 0 amide bonds. The summed E-state index contributed by atoms with van der Waals surface area (Å²) >= 11 is 5.59. The lowest BCUT2D eigenvalue weighted by Crippen LogP contribution is -2.56. The maximum atomic E-state index is 5.59. The van der Waals surface area contributed by atoms with E-state index in [2.05, 4.69) is 87.9 Å². The largest absolute Gasteiger partial charge is 0.349 e. The summed E-state index contributed by atoms with van der Waals surface area (Å²) in [7, 11) is 0. The van der Waals surface area contributed by atoms with Gasteiger partial charge in [0.25, 0.3) is 0 Å². The zero-order chi connectivity index (χ0) is 17.1. The summed E-state index contributed by atoms with van der Waals surface area (Å²) in [6.45, 7) is 2.61. The molecule has 3 aromatic carbocycles. The highest BCUT2D eigenvalue weighted by atomic mass is 32.1. The van der Waals surface area contributed by atoms with Crippen molar-refractivity contribution in [1.82, 2.24) is 10.2 Å². The van der Waals surface area contributed by atoms with Crippen LogP contribution < -0.4 is 10.2 Å². The molecule has 0 aromatic heterocycles. The van der Waals surface area contributed by atoms with E-state index in [4.69, 9.17) is 12.2 Å². The van der Waals surface area contributed by atoms with Gasteiger partial charge in [-0.15, -0.1) is 0 Å². The number of fused-ring (bicyclic) bond motifs is 1. The molecule has 3 aromatic rings.